The number of aromatic nitrogens is 2. The number of nitrogens with zero attached hydrogens (tertiary/aromatic N) is 5. The van der Waals surface area contributed by atoms with Crippen molar-refractivity contribution in [3.8, 4) is 0 Å². The highest BCUT2D eigenvalue weighted by Crippen LogP contribution is 2.22. The van der Waals surface area contributed by atoms with E-state index < -0.39 is 0 Å². The van der Waals surface area contributed by atoms with Gasteiger partial charge < -0.3 is 15.5 Å². The first kappa shape index (κ1) is 17.6. The second kappa shape index (κ2) is 8.24. The standard InChI is InChI=1S/C17H26N6O2/c18-15(24)13-21-7-3-9-22(11-10-21)16(25)14-4-1-8-23(12-14)17-19-5-2-6-20-17/h2,5-6,14H,1,3-4,7-13H2,(H2,18,24). The molecule has 1 unspecified atom stereocenters. The molecule has 2 amide bonds. The molecule has 2 aliphatic heterocycles. The minimum Gasteiger partial charge on any atom is -0.369 e. The Labute approximate surface area is 148 Å². The van der Waals surface area contributed by atoms with Gasteiger partial charge in [-0.2, -0.15) is 0 Å². The maximum absolute atomic E-state index is 13.0. The van der Waals surface area contributed by atoms with Crippen LogP contribution in [0.1, 0.15) is 19.3 Å². The van der Waals surface area contributed by atoms with Gasteiger partial charge in [-0.05, 0) is 25.3 Å². The Kier molecular flexibility index (Phi) is 5.80. The molecular formula is C17H26N6O2. The monoisotopic (exact) mass is 346 g/mol. The summed E-state index contributed by atoms with van der Waals surface area (Å²) in [6.07, 6.45) is 6.21. The Morgan fingerprint density at radius 2 is 1.88 bits per heavy atom. The van der Waals surface area contributed by atoms with Gasteiger partial charge in [-0.1, -0.05) is 0 Å². The molecule has 0 aromatic carbocycles. The quantitative estimate of drug-likeness (QED) is 0.805. The van der Waals surface area contributed by atoms with Crippen LogP contribution in [0.15, 0.2) is 18.5 Å². The van der Waals surface area contributed by atoms with Crippen molar-refractivity contribution in [3.05, 3.63) is 18.5 Å². The Balaban J connectivity index is 1.57. The van der Waals surface area contributed by atoms with Gasteiger partial charge in [-0.3, -0.25) is 14.5 Å². The van der Waals surface area contributed by atoms with E-state index in [1.54, 1.807) is 18.5 Å². The number of amides is 2. The molecule has 136 valence electrons. The lowest BCUT2D eigenvalue weighted by Crippen LogP contribution is -2.46. The van der Waals surface area contributed by atoms with Gasteiger partial charge in [0.25, 0.3) is 0 Å². The van der Waals surface area contributed by atoms with Crippen molar-refractivity contribution < 1.29 is 9.59 Å². The average molecular weight is 346 g/mol. The normalized spacial score (nSPS) is 22.5. The van der Waals surface area contributed by atoms with Crippen LogP contribution in [0, 0.1) is 5.92 Å². The number of anilines is 1. The lowest BCUT2D eigenvalue weighted by atomic mass is 9.96. The number of nitrogens with two attached hydrogens (primary N) is 1. The zero-order valence-corrected chi connectivity index (χ0v) is 14.5. The fourth-order valence-electron chi connectivity index (χ4n) is 3.64. The van der Waals surface area contributed by atoms with E-state index in [1.807, 2.05) is 9.80 Å². The summed E-state index contributed by atoms with van der Waals surface area (Å²) in [7, 11) is 0. The molecule has 1 aromatic rings. The van der Waals surface area contributed by atoms with Crippen molar-refractivity contribution in [1.82, 2.24) is 19.8 Å². The number of hydrogen-bond acceptors (Lipinski definition) is 6. The number of primary amides is 1. The van der Waals surface area contributed by atoms with Gasteiger partial charge in [0.1, 0.15) is 0 Å². The van der Waals surface area contributed by atoms with Crippen LogP contribution < -0.4 is 10.6 Å². The Hall–Kier alpha value is -2.22. The third-order valence-corrected chi connectivity index (χ3v) is 4.89. The fraction of sp³-hybridized carbons (Fsp3) is 0.647. The summed E-state index contributed by atoms with van der Waals surface area (Å²) >= 11 is 0. The second-order valence-corrected chi connectivity index (χ2v) is 6.76. The van der Waals surface area contributed by atoms with Crippen LogP contribution in [0.5, 0.6) is 0 Å². The van der Waals surface area contributed by atoms with E-state index in [0.717, 1.165) is 38.9 Å². The Bertz CT molecular complexity index is 596. The van der Waals surface area contributed by atoms with E-state index in [1.165, 1.54) is 0 Å². The van der Waals surface area contributed by atoms with Gasteiger partial charge in [-0.25, -0.2) is 9.97 Å². The molecule has 8 heteroatoms. The minimum atomic E-state index is -0.314. The van der Waals surface area contributed by atoms with Gasteiger partial charge in [-0.15, -0.1) is 0 Å². The van der Waals surface area contributed by atoms with Crippen LogP contribution in [-0.2, 0) is 9.59 Å². The number of carbonyl (C=O) groups is 2. The highest BCUT2D eigenvalue weighted by atomic mass is 16.2. The summed E-state index contributed by atoms with van der Waals surface area (Å²) in [6, 6.07) is 1.80. The molecular weight excluding hydrogens is 320 g/mol. The largest absolute Gasteiger partial charge is 0.369 e. The molecule has 2 saturated heterocycles. The molecule has 2 fully saturated rings. The number of rotatable bonds is 4. The fourth-order valence-corrected chi connectivity index (χ4v) is 3.64. The van der Waals surface area contributed by atoms with Crippen LogP contribution in [0.3, 0.4) is 0 Å². The molecule has 2 aliphatic rings. The van der Waals surface area contributed by atoms with Gasteiger partial charge in [0.15, 0.2) is 0 Å². The Morgan fingerprint density at radius 3 is 2.64 bits per heavy atom. The summed E-state index contributed by atoms with van der Waals surface area (Å²) in [6.45, 7) is 4.74. The lowest BCUT2D eigenvalue weighted by Gasteiger charge is -2.34. The predicted octanol–water partition coefficient (Wildman–Crippen LogP) is -0.287. The molecule has 0 aliphatic carbocycles. The van der Waals surface area contributed by atoms with Crippen LogP contribution in [0.25, 0.3) is 0 Å². The molecule has 0 saturated carbocycles. The number of hydrogen-bond donors (Lipinski definition) is 1. The number of piperidine rings is 1. The van der Waals surface area contributed by atoms with Crippen molar-refractivity contribution in [2.75, 3.05) is 50.7 Å². The van der Waals surface area contributed by atoms with Crippen LogP contribution in [0.4, 0.5) is 5.95 Å². The number of carbonyl (C=O) groups excluding carboxylic acids is 2. The SMILES string of the molecule is NC(=O)CN1CCCN(C(=O)C2CCCN(c3ncccn3)C2)CC1. The first-order valence-electron chi connectivity index (χ1n) is 8.95. The molecule has 1 atom stereocenters. The summed E-state index contributed by atoms with van der Waals surface area (Å²) in [5.41, 5.74) is 5.28. The molecule has 0 radical (unpaired) electrons. The summed E-state index contributed by atoms with van der Waals surface area (Å²) in [5.74, 6) is 0.580. The maximum Gasteiger partial charge on any atom is 0.231 e. The first-order valence-corrected chi connectivity index (χ1v) is 8.95. The van der Waals surface area contributed by atoms with Crippen molar-refractivity contribution >= 4 is 17.8 Å². The zero-order chi connectivity index (χ0) is 17.6. The molecule has 1 aromatic heterocycles. The summed E-state index contributed by atoms with van der Waals surface area (Å²) in [5, 5.41) is 0. The summed E-state index contributed by atoms with van der Waals surface area (Å²) < 4.78 is 0. The highest BCUT2D eigenvalue weighted by molar-refractivity contribution is 5.80. The lowest BCUT2D eigenvalue weighted by molar-refractivity contribution is -0.135. The maximum atomic E-state index is 13.0. The van der Waals surface area contributed by atoms with Gasteiger partial charge in [0.05, 0.1) is 12.5 Å². The highest BCUT2D eigenvalue weighted by Gasteiger charge is 2.31. The van der Waals surface area contributed by atoms with E-state index in [9.17, 15) is 9.59 Å². The molecule has 3 heterocycles. The first-order chi connectivity index (χ1) is 12.1. The van der Waals surface area contributed by atoms with Crippen molar-refractivity contribution in [3.63, 3.8) is 0 Å². The molecule has 3 rings (SSSR count). The van der Waals surface area contributed by atoms with Crippen molar-refractivity contribution in [2.45, 2.75) is 19.3 Å². The van der Waals surface area contributed by atoms with Crippen LogP contribution in [0.2, 0.25) is 0 Å². The summed E-state index contributed by atoms with van der Waals surface area (Å²) in [4.78, 5) is 38.7. The van der Waals surface area contributed by atoms with Gasteiger partial charge in [0.2, 0.25) is 17.8 Å². The van der Waals surface area contributed by atoms with Crippen molar-refractivity contribution in [1.29, 1.82) is 0 Å². The zero-order valence-electron chi connectivity index (χ0n) is 14.5. The Morgan fingerprint density at radius 1 is 1.08 bits per heavy atom. The van der Waals surface area contributed by atoms with E-state index in [2.05, 4.69) is 14.9 Å². The van der Waals surface area contributed by atoms with Gasteiger partial charge in [0, 0.05) is 51.7 Å². The molecule has 2 N–H and O–H groups in total. The molecule has 0 bridgehead atoms. The van der Waals surface area contributed by atoms with E-state index in [-0.39, 0.29) is 24.3 Å². The van der Waals surface area contributed by atoms with Crippen LogP contribution in [-0.4, -0.2) is 77.4 Å². The molecule has 25 heavy (non-hydrogen) atoms. The molecule has 0 spiro atoms. The minimum absolute atomic E-state index is 0.0137. The smallest absolute Gasteiger partial charge is 0.231 e. The van der Waals surface area contributed by atoms with Crippen LogP contribution >= 0.6 is 0 Å². The predicted molar refractivity (Wildman–Crippen MR) is 93.8 cm³/mol. The molecule has 8 nitrogen and oxygen atoms in total. The topological polar surface area (TPSA) is 95.7 Å². The second-order valence-electron chi connectivity index (χ2n) is 6.76. The third-order valence-electron chi connectivity index (χ3n) is 4.89. The van der Waals surface area contributed by atoms with Gasteiger partial charge >= 0.3 is 0 Å². The van der Waals surface area contributed by atoms with E-state index in [0.29, 0.717) is 25.6 Å². The van der Waals surface area contributed by atoms with E-state index >= 15 is 0 Å². The third kappa shape index (κ3) is 4.66. The average Bonchev–Trinajstić information content (AvgIpc) is 2.87. The van der Waals surface area contributed by atoms with E-state index in [4.69, 9.17) is 5.73 Å². The van der Waals surface area contributed by atoms with Crippen molar-refractivity contribution in [2.24, 2.45) is 11.7 Å².